The van der Waals surface area contributed by atoms with Crippen molar-refractivity contribution in [3.8, 4) is 5.75 Å². The van der Waals surface area contributed by atoms with Gasteiger partial charge in [-0.05, 0) is 50.6 Å². The van der Waals surface area contributed by atoms with E-state index in [-0.39, 0.29) is 41.5 Å². The number of anilines is 1. The van der Waals surface area contributed by atoms with Gasteiger partial charge in [0.1, 0.15) is 5.75 Å². The number of rotatable bonds is 11. The predicted octanol–water partition coefficient (Wildman–Crippen LogP) is 3.57. The number of hydrogen-bond donors (Lipinski definition) is 2. The highest BCUT2D eigenvalue weighted by Gasteiger charge is 2.23. The molecular formula is C24H33N3O5S. The molecule has 0 fully saturated rings. The van der Waals surface area contributed by atoms with Crippen LogP contribution in [0.5, 0.6) is 5.75 Å². The Labute approximate surface area is 196 Å². The summed E-state index contributed by atoms with van der Waals surface area (Å²) >= 11 is 0. The number of hydrogen-bond acceptors (Lipinski definition) is 5. The Morgan fingerprint density at radius 3 is 2.33 bits per heavy atom. The summed E-state index contributed by atoms with van der Waals surface area (Å²) in [6.45, 7) is 9.88. The molecule has 180 valence electrons. The molecule has 2 aromatic carbocycles. The van der Waals surface area contributed by atoms with Crippen LogP contribution in [0.1, 0.15) is 50.0 Å². The third kappa shape index (κ3) is 7.03. The number of sulfonamides is 1. The Morgan fingerprint density at radius 2 is 1.73 bits per heavy atom. The highest BCUT2D eigenvalue weighted by molar-refractivity contribution is 7.89. The zero-order valence-corrected chi connectivity index (χ0v) is 20.7. The van der Waals surface area contributed by atoms with Crippen molar-refractivity contribution in [2.45, 2.75) is 52.0 Å². The van der Waals surface area contributed by atoms with Crippen LogP contribution in [0.4, 0.5) is 5.69 Å². The summed E-state index contributed by atoms with van der Waals surface area (Å²) in [4.78, 5) is 25.0. The summed E-state index contributed by atoms with van der Waals surface area (Å²) < 4.78 is 32.9. The Kier molecular flexibility index (Phi) is 9.43. The minimum Gasteiger partial charge on any atom is -0.489 e. The van der Waals surface area contributed by atoms with Gasteiger partial charge in [0.2, 0.25) is 15.9 Å². The van der Waals surface area contributed by atoms with Crippen molar-refractivity contribution in [3.63, 3.8) is 0 Å². The number of ether oxygens (including phenoxy) is 1. The fourth-order valence-electron chi connectivity index (χ4n) is 3.26. The van der Waals surface area contributed by atoms with Gasteiger partial charge in [-0.15, -0.1) is 0 Å². The fraction of sp³-hybridized carbons (Fsp3) is 0.417. The average molecular weight is 476 g/mol. The molecule has 8 nitrogen and oxygen atoms in total. The van der Waals surface area contributed by atoms with Crippen molar-refractivity contribution >= 4 is 27.5 Å². The van der Waals surface area contributed by atoms with Crippen LogP contribution in [0.3, 0.4) is 0 Å². The largest absolute Gasteiger partial charge is 0.489 e. The third-order valence-corrected chi connectivity index (χ3v) is 7.00. The molecule has 0 saturated heterocycles. The van der Waals surface area contributed by atoms with E-state index in [2.05, 4.69) is 10.6 Å². The van der Waals surface area contributed by atoms with Gasteiger partial charge in [-0.2, -0.15) is 4.31 Å². The topological polar surface area (TPSA) is 105 Å². The van der Waals surface area contributed by atoms with Crippen LogP contribution in [0.25, 0.3) is 0 Å². The molecule has 0 aliphatic heterocycles. The van der Waals surface area contributed by atoms with Crippen LogP contribution in [0, 0.1) is 6.92 Å². The Hall–Kier alpha value is -2.91. The molecule has 0 unspecified atom stereocenters. The van der Waals surface area contributed by atoms with Crippen LogP contribution in [0.15, 0.2) is 47.4 Å². The molecule has 0 saturated carbocycles. The number of amides is 2. The monoisotopic (exact) mass is 475 g/mol. The van der Waals surface area contributed by atoms with Gasteiger partial charge in [-0.25, -0.2) is 8.42 Å². The third-order valence-electron chi connectivity index (χ3n) is 4.96. The maximum absolute atomic E-state index is 12.9. The predicted molar refractivity (Wildman–Crippen MR) is 129 cm³/mol. The van der Waals surface area contributed by atoms with E-state index in [9.17, 15) is 18.0 Å². The Balaban J connectivity index is 2.14. The minimum absolute atomic E-state index is 0.0196. The van der Waals surface area contributed by atoms with Gasteiger partial charge >= 0.3 is 0 Å². The van der Waals surface area contributed by atoms with E-state index in [0.717, 1.165) is 5.56 Å². The van der Waals surface area contributed by atoms with Crippen molar-refractivity contribution in [1.82, 2.24) is 9.62 Å². The van der Waals surface area contributed by atoms with Crippen molar-refractivity contribution in [2.24, 2.45) is 0 Å². The lowest BCUT2D eigenvalue weighted by Crippen LogP contribution is -2.31. The second-order valence-corrected chi connectivity index (χ2v) is 9.72. The molecule has 0 spiro atoms. The molecule has 0 radical (unpaired) electrons. The molecule has 9 heteroatoms. The summed E-state index contributed by atoms with van der Waals surface area (Å²) in [6, 6.07) is 11.6. The number of carbonyl (C=O) groups is 2. The zero-order chi connectivity index (χ0) is 24.6. The van der Waals surface area contributed by atoms with E-state index in [4.69, 9.17) is 4.74 Å². The van der Waals surface area contributed by atoms with E-state index in [0.29, 0.717) is 24.4 Å². The van der Waals surface area contributed by atoms with E-state index in [1.165, 1.54) is 16.4 Å². The first-order valence-electron chi connectivity index (χ1n) is 11.0. The Morgan fingerprint density at radius 1 is 1.06 bits per heavy atom. The SMILES string of the molecule is CCN(CC)S(=O)(=O)c1ccc(OC(C)C)c(NC(=O)CCNC(=O)c2ccccc2C)c1. The van der Waals surface area contributed by atoms with E-state index in [1.54, 1.807) is 32.0 Å². The van der Waals surface area contributed by atoms with Crippen LogP contribution in [-0.4, -0.2) is 50.3 Å². The van der Waals surface area contributed by atoms with Crippen LogP contribution in [0.2, 0.25) is 0 Å². The molecule has 0 bridgehead atoms. The van der Waals surface area contributed by atoms with Crippen molar-refractivity contribution in [2.75, 3.05) is 25.0 Å². The number of nitrogens with zero attached hydrogens (tertiary/aromatic N) is 1. The molecule has 2 aromatic rings. The normalized spacial score (nSPS) is 11.5. The molecule has 0 heterocycles. The molecule has 0 atom stereocenters. The van der Waals surface area contributed by atoms with Crippen LogP contribution in [-0.2, 0) is 14.8 Å². The molecule has 0 aromatic heterocycles. The summed E-state index contributed by atoms with van der Waals surface area (Å²) in [5.74, 6) is -0.246. The average Bonchev–Trinajstić information content (AvgIpc) is 2.75. The first-order chi connectivity index (χ1) is 15.6. The minimum atomic E-state index is -3.70. The quantitative estimate of drug-likeness (QED) is 0.517. The maximum Gasteiger partial charge on any atom is 0.251 e. The highest BCUT2D eigenvalue weighted by Crippen LogP contribution is 2.30. The summed E-state index contributed by atoms with van der Waals surface area (Å²) in [5.41, 5.74) is 1.67. The lowest BCUT2D eigenvalue weighted by Gasteiger charge is -2.20. The Bertz CT molecular complexity index is 1080. The lowest BCUT2D eigenvalue weighted by molar-refractivity contribution is -0.116. The molecule has 33 heavy (non-hydrogen) atoms. The molecule has 2 rings (SSSR count). The zero-order valence-electron chi connectivity index (χ0n) is 19.8. The van der Waals surface area contributed by atoms with Crippen molar-refractivity contribution in [1.29, 1.82) is 0 Å². The lowest BCUT2D eigenvalue weighted by atomic mass is 10.1. The van der Waals surface area contributed by atoms with Gasteiger partial charge in [0.25, 0.3) is 5.91 Å². The first-order valence-corrected chi connectivity index (χ1v) is 12.5. The van der Waals surface area contributed by atoms with Gasteiger partial charge in [-0.1, -0.05) is 32.0 Å². The maximum atomic E-state index is 12.9. The van der Waals surface area contributed by atoms with Gasteiger partial charge < -0.3 is 15.4 Å². The van der Waals surface area contributed by atoms with Gasteiger partial charge in [-0.3, -0.25) is 9.59 Å². The molecular weight excluding hydrogens is 442 g/mol. The smallest absolute Gasteiger partial charge is 0.251 e. The van der Waals surface area contributed by atoms with E-state index < -0.39 is 10.0 Å². The molecule has 2 amide bonds. The fourth-order valence-corrected chi connectivity index (χ4v) is 4.75. The highest BCUT2D eigenvalue weighted by atomic mass is 32.2. The van der Waals surface area contributed by atoms with E-state index in [1.807, 2.05) is 32.9 Å². The van der Waals surface area contributed by atoms with Gasteiger partial charge in [0, 0.05) is 31.6 Å². The summed E-state index contributed by atoms with van der Waals surface area (Å²) in [7, 11) is -3.70. The van der Waals surface area contributed by atoms with E-state index >= 15 is 0 Å². The second kappa shape index (κ2) is 11.8. The van der Waals surface area contributed by atoms with Gasteiger partial charge in [0.15, 0.2) is 0 Å². The van der Waals surface area contributed by atoms with Crippen LogP contribution >= 0.6 is 0 Å². The van der Waals surface area contributed by atoms with Crippen molar-refractivity contribution < 1.29 is 22.7 Å². The summed E-state index contributed by atoms with van der Waals surface area (Å²) in [5, 5.41) is 5.47. The van der Waals surface area contributed by atoms with Crippen LogP contribution < -0.4 is 15.4 Å². The molecule has 2 N–H and O–H groups in total. The number of benzene rings is 2. The van der Waals surface area contributed by atoms with Crippen molar-refractivity contribution in [3.05, 3.63) is 53.6 Å². The number of carbonyl (C=O) groups excluding carboxylic acids is 2. The molecule has 0 aliphatic carbocycles. The standard InChI is InChI=1S/C24H33N3O5S/c1-6-27(7-2)33(30,31)19-12-13-22(32-17(3)4)21(16-19)26-23(28)14-15-25-24(29)20-11-9-8-10-18(20)5/h8-13,16-17H,6-7,14-15H2,1-5H3,(H,25,29)(H,26,28). The summed E-state index contributed by atoms with van der Waals surface area (Å²) in [6.07, 6.45) is -0.148. The first kappa shape index (κ1) is 26.3. The van der Waals surface area contributed by atoms with Gasteiger partial charge in [0.05, 0.1) is 16.7 Å². The molecule has 0 aliphatic rings. The second-order valence-electron chi connectivity index (χ2n) is 7.78. The number of aryl methyl sites for hydroxylation is 1. The number of nitrogens with one attached hydrogen (secondary N) is 2.